The lowest BCUT2D eigenvalue weighted by molar-refractivity contribution is -0.180. The molecular weight excluding hydrogens is 404 g/mol. The number of β-lactam (4-membered cyclic amide) rings is 1. The highest BCUT2D eigenvalue weighted by molar-refractivity contribution is 6.11. The fourth-order valence-corrected chi connectivity index (χ4v) is 3.36. The number of rotatable bonds is 9. The summed E-state index contributed by atoms with van der Waals surface area (Å²) in [5.74, 6) is -2.03. The van der Waals surface area contributed by atoms with Gasteiger partial charge in [0.15, 0.2) is 6.04 Å². The molecule has 2 aromatic carbocycles. The Kier molecular flexibility index (Phi) is 7.09. The quantitative estimate of drug-likeness (QED) is 0.279. The number of nitrogens with zero attached hydrogens (tertiary/aromatic N) is 1. The van der Waals surface area contributed by atoms with Gasteiger partial charge in [-0.3, -0.25) is 14.4 Å². The molecule has 2 aromatic rings. The van der Waals surface area contributed by atoms with Crippen LogP contribution in [0.15, 0.2) is 48.5 Å². The van der Waals surface area contributed by atoms with Crippen molar-refractivity contribution in [3.8, 4) is 11.5 Å². The number of amides is 2. The topological polar surface area (TPSA) is 103 Å². The molecule has 1 heterocycles. The normalized spacial score (nSPS) is 17.5. The van der Waals surface area contributed by atoms with Gasteiger partial charge in [-0.25, -0.2) is 10.3 Å². The Hall–Kier alpha value is -3.59. The van der Waals surface area contributed by atoms with E-state index in [1.807, 2.05) is 30.3 Å². The number of nitrogens with one attached hydrogen (secondary N) is 1. The van der Waals surface area contributed by atoms with E-state index in [4.69, 9.17) is 19.0 Å². The molecule has 1 fully saturated rings. The van der Waals surface area contributed by atoms with Gasteiger partial charge in [-0.2, -0.15) is 0 Å². The zero-order chi connectivity index (χ0) is 22.4. The molecule has 0 bridgehead atoms. The maximum Gasteiger partial charge on any atom is 0.329 e. The monoisotopic (exact) mass is 428 g/mol. The summed E-state index contributed by atoms with van der Waals surface area (Å²) in [6.07, 6.45) is 0. The summed E-state index contributed by atoms with van der Waals surface area (Å²) < 4.78 is 15.3. The average Bonchev–Trinajstić information content (AvgIpc) is 2.80. The molecular formula is C22H24N2O7. The molecule has 1 aliphatic heterocycles. The van der Waals surface area contributed by atoms with E-state index in [0.717, 1.165) is 5.56 Å². The second-order valence-corrected chi connectivity index (χ2v) is 6.83. The van der Waals surface area contributed by atoms with Gasteiger partial charge in [-0.15, -0.1) is 0 Å². The lowest BCUT2D eigenvalue weighted by atomic mass is 9.86. The Morgan fingerprint density at radius 2 is 1.77 bits per heavy atom. The summed E-state index contributed by atoms with van der Waals surface area (Å²) in [6.45, 7) is 0.198. The van der Waals surface area contributed by atoms with Gasteiger partial charge in [0.1, 0.15) is 17.4 Å². The summed E-state index contributed by atoms with van der Waals surface area (Å²) in [4.78, 5) is 44.1. The van der Waals surface area contributed by atoms with Crippen molar-refractivity contribution in [2.75, 3.05) is 21.3 Å². The number of esters is 1. The summed E-state index contributed by atoms with van der Waals surface area (Å²) >= 11 is 0. The molecule has 1 N–H and O–H groups in total. The van der Waals surface area contributed by atoms with Gasteiger partial charge in [-0.05, 0) is 17.7 Å². The predicted molar refractivity (Wildman–Crippen MR) is 109 cm³/mol. The first-order valence-electron chi connectivity index (χ1n) is 9.55. The van der Waals surface area contributed by atoms with Crippen LogP contribution in [0.25, 0.3) is 0 Å². The van der Waals surface area contributed by atoms with Gasteiger partial charge in [0.25, 0.3) is 5.91 Å². The van der Waals surface area contributed by atoms with Gasteiger partial charge in [0.2, 0.25) is 5.91 Å². The van der Waals surface area contributed by atoms with Crippen LogP contribution in [0, 0.1) is 5.92 Å². The smallest absolute Gasteiger partial charge is 0.329 e. The van der Waals surface area contributed by atoms with Gasteiger partial charge in [0, 0.05) is 11.6 Å². The van der Waals surface area contributed by atoms with Crippen molar-refractivity contribution >= 4 is 17.8 Å². The molecule has 9 heteroatoms. The third-order valence-electron chi connectivity index (χ3n) is 5.02. The number of hydrogen-bond acceptors (Lipinski definition) is 7. The molecule has 164 valence electrons. The molecule has 0 saturated carbocycles. The maximum atomic E-state index is 12.7. The molecule has 0 aromatic heterocycles. The van der Waals surface area contributed by atoms with Crippen LogP contribution >= 0.6 is 0 Å². The van der Waals surface area contributed by atoms with Gasteiger partial charge < -0.3 is 19.1 Å². The van der Waals surface area contributed by atoms with E-state index < -0.39 is 29.7 Å². The highest BCUT2D eigenvalue weighted by atomic mass is 16.7. The highest BCUT2D eigenvalue weighted by Crippen LogP contribution is 2.33. The van der Waals surface area contributed by atoms with Crippen LogP contribution in [0.4, 0.5) is 0 Å². The second kappa shape index (κ2) is 9.94. The van der Waals surface area contributed by atoms with Crippen LogP contribution in [0.5, 0.6) is 11.5 Å². The van der Waals surface area contributed by atoms with Crippen LogP contribution in [0.2, 0.25) is 0 Å². The Morgan fingerprint density at radius 3 is 2.42 bits per heavy atom. The van der Waals surface area contributed by atoms with Crippen molar-refractivity contribution in [1.29, 1.82) is 0 Å². The molecule has 2 atom stereocenters. The van der Waals surface area contributed by atoms with E-state index in [1.165, 1.54) is 26.2 Å². The molecule has 2 amide bonds. The Balaban J connectivity index is 1.68. The van der Waals surface area contributed by atoms with Crippen molar-refractivity contribution in [3.05, 3.63) is 59.7 Å². The number of hydroxylamine groups is 1. The van der Waals surface area contributed by atoms with Crippen LogP contribution in [-0.2, 0) is 37.1 Å². The molecule has 0 spiro atoms. The highest BCUT2D eigenvalue weighted by Gasteiger charge is 2.56. The third kappa shape index (κ3) is 4.77. The third-order valence-corrected chi connectivity index (χ3v) is 5.02. The first kappa shape index (κ1) is 22.1. The Labute approximate surface area is 179 Å². The molecule has 0 aliphatic carbocycles. The van der Waals surface area contributed by atoms with E-state index in [1.54, 1.807) is 18.2 Å². The number of ether oxygens (including phenoxy) is 3. The van der Waals surface area contributed by atoms with Crippen molar-refractivity contribution in [3.63, 3.8) is 0 Å². The fraction of sp³-hybridized carbons (Fsp3) is 0.318. The van der Waals surface area contributed by atoms with E-state index in [9.17, 15) is 14.4 Å². The second-order valence-electron chi connectivity index (χ2n) is 6.83. The standard InChI is InChI=1S/C22H24N2O7/c1-28-16-10-9-15(17(11-16)29-2)12-24-19(22(27)30-3)18(21(24)26)20(25)23-31-13-14-7-5-4-6-8-14/h4-11,18-19H,12-13H2,1-3H3,(H,23,25). The summed E-state index contributed by atoms with van der Waals surface area (Å²) in [5.41, 5.74) is 3.76. The molecule has 0 radical (unpaired) electrons. The molecule has 3 rings (SSSR count). The minimum absolute atomic E-state index is 0.0699. The van der Waals surface area contributed by atoms with E-state index >= 15 is 0 Å². The molecule has 1 saturated heterocycles. The van der Waals surface area contributed by atoms with E-state index in [0.29, 0.717) is 17.1 Å². The van der Waals surface area contributed by atoms with E-state index in [-0.39, 0.29) is 13.2 Å². The van der Waals surface area contributed by atoms with Gasteiger partial charge in [-0.1, -0.05) is 30.3 Å². The number of benzene rings is 2. The van der Waals surface area contributed by atoms with E-state index in [2.05, 4.69) is 5.48 Å². The average molecular weight is 428 g/mol. The zero-order valence-electron chi connectivity index (χ0n) is 17.5. The minimum atomic E-state index is -1.23. The Bertz CT molecular complexity index is 948. The largest absolute Gasteiger partial charge is 0.497 e. The van der Waals surface area contributed by atoms with Crippen molar-refractivity contribution < 1.29 is 33.4 Å². The number of methoxy groups -OCH3 is 3. The molecule has 31 heavy (non-hydrogen) atoms. The van der Waals surface area contributed by atoms with Gasteiger partial charge >= 0.3 is 5.97 Å². The number of hydrogen-bond donors (Lipinski definition) is 1. The summed E-state index contributed by atoms with van der Waals surface area (Å²) in [6, 6.07) is 13.3. The Morgan fingerprint density at radius 1 is 1.03 bits per heavy atom. The van der Waals surface area contributed by atoms with Crippen molar-refractivity contribution in [1.82, 2.24) is 10.4 Å². The minimum Gasteiger partial charge on any atom is -0.497 e. The molecule has 2 unspecified atom stereocenters. The maximum absolute atomic E-state index is 12.7. The lowest BCUT2D eigenvalue weighted by Crippen LogP contribution is -2.68. The fourth-order valence-electron chi connectivity index (χ4n) is 3.36. The van der Waals surface area contributed by atoms with Crippen LogP contribution in [-0.4, -0.2) is 50.1 Å². The number of likely N-dealkylation sites (tertiary alicyclic amines) is 1. The van der Waals surface area contributed by atoms with Crippen LogP contribution < -0.4 is 15.0 Å². The predicted octanol–water partition coefficient (Wildman–Crippen LogP) is 1.45. The first-order chi connectivity index (χ1) is 15.0. The zero-order valence-corrected chi connectivity index (χ0v) is 17.5. The SMILES string of the molecule is COC(=O)C1C(C(=O)NOCc2ccccc2)C(=O)N1Cc1ccc(OC)cc1OC. The van der Waals surface area contributed by atoms with Crippen LogP contribution in [0.1, 0.15) is 11.1 Å². The van der Waals surface area contributed by atoms with Crippen molar-refractivity contribution in [2.24, 2.45) is 5.92 Å². The van der Waals surface area contributed by atoms with Crippen molar-refractivity contribution in [2.45, 2.75) is 19.2 Å². The first-order valence-corrected chi connectivity index (χ1v) is 9.55. The lowest BCUT2D eigenvalue weighted by Gasteiger charge is -2.44. The van der Waals surface area contributed by atoms with Crippen LogP contribution in [0.3, 0.4) is 0 Å². The summed E-state index contributed by atoms with van der Waals surface area (Å²) in [5, 5.41) is 0. The number of carbonyl (C=O) groups is 3. The number of carbonyl (C=O) groups excluding carboxylic acids is 3. The summed E-state index contributed by atoms with van der Waals surface area (Å²) in [7, 11) is 4.23. The molecule has 1 aliphatic rings. The molecule has 9 nitrogen and oxygen atoms in total. The van der Waals surface area contributed by atoms with Gasteiger partial charge in [0.05, 0.1) is 34.5 Å².